The number of anilines is 1. The van der Waals surface area contributed by atoms with Crippen LogP contribution in [0, 0.1) is 0 Å². The second-order valence-electron chi connectivity index (χ2n) is 5.29. The Morgan fingerprint density at radius 2 is 2.05 bits per heavy atom. The zero-order valence-corrected chi connectivity index (χ0v) is 12.7. The Balaban J connectivity index is 2.06. The van der Waals surface area contributed by atoms with E-state index in [1.165, 1.54) is 17.5 Å². The molecule has 1 aromatic rings. The summed E-state index contributed by atoms with van der Waals surface area (Å²) in [6, 6.07) is 0. The Morgan fingerprint density at radius 3 is 2.68 bits per heavy atom. The average molecular weight is 330 g/mol. The molecule has 2 rings (SSSR count). The summed E-state index contributed by atoms with van der Waals surface area (Å²) in [5, 5.41) is 17.7. The van der Waals surface area contributed by atoms with Gasteiger partial charge in [-0.15, -0.1) is 0 Å². The molecule has 0 saturated heterocycles. The normalized spacial score (nSPS) is 18.9. The minimum atomic E-state index is -0.670. The fraction of sp³-hybridized carbons (Fsp3) is 0.692. The molecule has 19 heavy (non-hydrogen) atoms. The van der Waals surface area contributed by atoms with E-state index in [1.807, 2.05) is 0 Å². The van der Waals surface area contributed by atoms with Crippen molar-refractivity contribution in [1.82, 2.24) is 9.78 Å². The van der Waals surface area contributed by atoms with Gasteiger partial charge >= 0.3 is 0 Å². The smallest absolute Gasteiger partial charge is 0.282 e. The van der Waals surface area contributed by atoms with E-state index in [9.17, 15) is 9.90 Å². The molecule has 0 spiro atoms. The third-order valence-electron chi connectivity index (χ3n) is 3.72. The standard InChI is InChI=1S/C13H20BrN3O2/c1-17-12(18)11(14)10(8-16-17)15-9-13(19)6-4-2-3-5-7-13/h8,15,19H,2-7,9H2,1H3. The van der Waals surface area contributed by atoms with Crippen LogP contribution in [0.15, 0.2) is 15.5 Å². The molecular formula is C13H20BrN3O2. The Morgan fingerprint density at radius 1 is 1.42 bits per heavy atom. The SMILES string of the molecule is Cn1ncc(NCC2(O)CCCCCC2)c(Br)c1=O. The van der Waals surface area contributed by atoms with Crippen molar-refractivity contribution in [3.8, 4) is 0 Å². The first-order chi connectivity index (χ1) is 9.02. The lowest BCUT2D eigenvalue weighted by Crippen LogP contribution is -2.36. The van der Waals surface area contributed by atoms with Crippen molar-refractivity contribution in [1.29, 1.82) is 0 Å². The first-order valence-corrected chi connectivity index (χ1v) is 7.49. The molecule has 1 aliphatic carbocycles. The van der Waals surface area contributed by atoms with Gasteiger partial charge in [-0.25, -0.2) is 4.68 Å². The summed E-state index contributed by atoms with van der Waals surface area (Å²) in [7, 11) is 1.61. The second kappa shape index (κ2) is 6.05. The number of aryl methyl sites for hydroxylation is 1. The summed E-state index contributed by atoms with van der Waals surface area (Å²) in [5.41, 5.74) is -0.213. The van der Waals surface area contributed by atoms with E-state index in [-0.39, 0.29) is 5.56 Å². The van der Waals surface area contributed by atoms with Crippen molar-refractivity contribution in [3.05, 3.63) is 21.0 Å². The zero-order chi connectivity index (χ0) is 13.9. The molecule has 0 bridgehead atoms. The molecule has 106 valence electrons. The molecule has 0 aromatic carbocycles. The second-order valence-corrected chi connectivity index (χ2v) is 6.09. The lowest BCUT2D eigenvalue weighted by atomic mass is 9.94. The minimum Gasteiger partial charge on any atom is -0.388 e. The van der Waals surface area contributed by atoms with Crippen LogP contribution in [-0.4, -0.2) is 27.0 Å². The molecule has 1 saturated carbocycles. The number of aliphatic hydroxyl groups is 1. The number of nitrogens with zero attached hydrogens (tertiary/aromatic N) is 2. The maximum atomic E-state index is 11.7. The highest BCUT2D eigenvalue weighted by Crippen LogP contribution is 2.28. The topological polar surface area (TPSA) is 67.2 Å². The number of rotatable bonds is 3. The number of nitrogens with one attached hydrogen (secondary N) is 1. The van der Waals surface area contributed by atoms with Gasteiger partial charge in [-0.2, -0.15) is 5.10 Å². The lowest BCUT2D eigenvalue weighted by Gasteiger charge is -2.27. The Hall–Kier alpha value is -0.880. The highest BCUT2D eigenvalue weighted by atomic mass is 79.9. The summed E-state index contributed by atoms with van der Waals surface area (Å²) in [5.74, 6) is 0. The highest BCUT2D eigenvalue weighted by Gasteiger charge is 2.27. The van der Waals surface area contributed by atoms with Crippen LogP contribution in [0.25, 0.3) is 0 Å². The van der Waals surface area contributed by atoms with Gasteiger partial charge in [0.1, 0.15) is 4.47 Å². The Labute approximate surface area is 121 Å². The van der Waals surface area contributed by atoms with Gasteiger partial charge in [0.2, 0.25) is 0 Å². The van der Waals surface area contributed by atoms with Crippen LogP contribution in [0.4, 0.5) is 5.69 Å². The van der Waals surface area contributed by atoms with Crippen molar-refractivity contribution in [2.24, 2.45) is 7.05 Å². The first kappa shape index (κ1) is 14.5. The molecule has 1 heterocycles. The number of hydrogen-bond donors (Lipinski definition) is 2. The summed E-state index contributed by atoms with van der Waals surface area (Å²) in [4.78, 5) is 11.7. The quantitative estimate of drug-likeness (QED) is 0.833. The van der Waals surface area contributed by atoms with Gasteiger partial charge in [-0.3, -0.25) is 4.79 Å². The predicted molar refractivity (Wildman–Crippen MR) is 78.3 cm³/mol. The molecular weight excluding hydrogens is 310 g/mol. The Bertz CT molecular complexity index is 493. The van der Waals surface area contributed by atoms with Crippen molar-refractivity contribution in [3.63, 3.8) is 0 Å². The number of halogens is 1. The first-order valence-electron chi connectivity index (χ1n) is 6.70. The molecule has 0 aliphatic heterocycles. The van der Waals surface area contributed by atoms with Gasteiger partial charge in [0, 0.05) is 13.6 Å². The summed E-state index contributed by atoms with van der Waals surface area (Å²) in [6.07, 6.45) is 7.75. The van der Waals surface area contributed by atoms with Crippen LogP contribution < -0.4 is 10.9 Å². The maximum Gasteiger partial charge on any atom is 0.282 e. The third-order valence-corrected chi connectivity index (χ3v) is 4.49. The fourth-order valence-electron chi connectivity index (χ4n) is 2.46. The molecule has 2 N–H and O–H groups in total. The predicted octanol–water partition coefficient (Wildman–Crippen LogP) is 2.04. The summed E-state index contributed by atoms with van der Waals surface area (Å²) in [6.45, 7) is 0.459. The van der Waals surface area contributed by atoms with E-state index < -0.39 is 5.60 Å². The average Bonchev–Trinajstić information content (AvgIpc) is 2.61. The van der Waals surface area contributed by atoms with Crippen LogP contribution in [0.1, 0.15) is 38.5 Å². The molecule has 1 aromatic heterocycles. The van der Waals surface area contributed by atoms with Crippen molar-refractivity contribution < 1.29 is 5.11 Å². The third kappa shape index (κ3) is 3.57. The highest BCUT2D eigenvalue weighted by molar-refractivity contribution is 9.10. The maximum absolute atomic E-state index is 11.7. The minimum absolute atomic E-state index is 0.183. The van der Waals surface area contributed by atoms with Crippen molar-refractivity contribution in [2.75, 3.05) is 11.9 Å². The zero-order valence-electron chi connectivity index (χ0n) is 11.2. The van der Waals surface area contributed by atoms with E-state index >= 15 is 0 Å². The van der Waals surface area contributed by atoms with Crippen LogP contribution in [0.2, 0.25) is 0 Å². The molecule has 1 aliphatic rings. The van der Waals surface area contributed by atoms with Crippen molar-refractivity contribution in [2.45, 2.75) is 44.1 Å². The molecule has 0 radical (unpaired) electrons. The lowest BCUT2D eigenvalue weighted by molar-refractivity contribution is 0.0381. The van der Waals surface area contributed by atoms with Gasteiger partial charge < -0.3 is 10.4 Å². The van der Waals surface area contributed by atoms with Crippen molar-refractivity contribution >= 4 is 21.6 Å². The van der Waals surface area contributed by atoms with E-state index in [0.29, 0.717) is 16.7 Å². The van der Waals surface area contributed by atoms with E-state index in [0.717, 1.165) is 25.7 Å². The molecule has 0 unspecified atom stereocenters. The monoisotopic (exact) mass is 329 g/mol. The van der Waals surface area contributed by atoms with Gasteiger partial charge in [-0.05, 0) is 28.8 Å². The van der Waals surface area contributed by atoms with Crippen LogP contribution in [0.3, 0.4) is 0 Å². The van der Waals surface area contributed by atoms with Gasteiger partial charge in [0.25, 0.3) is 5.56 Å². The van der Waals surface area contributed by atoms with E-state index in [2.05, 4.69) is 26.3 Å². The molecule has 6 heteroatoms. The van der Waals surface area contributed by atoms with Gasteiger partial charge in [-0.1, -0.05) is 25.7 Å². The van der Waals surface area contributed by atoms with Crippen LogP contribution in [0.5, 0.6) is 0 Å². The fourth-order valence-corrected chi connectivity index (χ4v) is 2.96. The summed E-state index contributed by atoms with van der Waals surface area (Å²) < 4.78 is 1.73. The van der Waals surface area contributed by atoms with Gasteiger partial charge in [0.05, 0.1) is 17.5 Å². The number of hydrogen-bond acceptors (Lipinski definition) is 4. The van der Waals surface area contributed by atoms with Crippen LogP contribution >= 0.6 is 15.9 Å². The van der Waals surface area contributed by atoms with Gasteiger partial charge in [0.15, 0.2) is 0 Å². The van der Waals surface area contributed by atoms with Crippen LogP contribution in [-0.2, 0) is 7.05 Å². The molecule has 0 amide bonds. The summed E-state index contributed by atoms with van der Waals surface area (Å²) >= 11 is 3.27. The van der Waals surface area contributed by atoms with E-state index in [4.69, 9.17) is 0 Å². The molecule has 0 atom stereocenters. The number of aromatic nitrogens is 2. The molecule has 1 fully saturated rings. The van der Waals surface area contributed by atoms with E-state index in [1.54, 1.807) is 13.2 Å². The molecule has 5 nitrogen and oxygen atoms in total. The largest absolute Gasteiger partial charge is 0.388 e. The Kier molecular flexibility index (Phi) is 4.62.